The number of nitrogens with one attached hydrogen (secondary N) is 2. The van der Waals surface area contributed by atoms with E-state index in [9.17, 15) is 18.0 Å². The van der Waals surface area contributed by atoms with Crippen molar-refractivity contribution in [3.05, 3.63) is 50.8 Å². The third kappa shape index (κ3) is 5.20. The lowest BCUT2D eigenvalue weighted by atomic mass is 10.1. The van der Waals surface area contributed by atoms with Crippen molar-refractivity contribution >= 4 is 48.9 Å². The van der Waals surface area contributed by atoms with E-state index in [-0.39, 0.29) is 35.6 Å². The van der Waals surface area contributed by atoms with Crippen molar-refractivity contribution in [3.63, 3.8) is 0 Å². The molecule has 0 radical (unpaired) electrons. The summed E-state index contributed by atoms with van der Waals surface area (Å²) in [5.74, 6) is 0.341. The molecule has 0 unspecified atom stereocenters. The highest BCUT2D eigenvalue weighted by molar-refractivity contribution is 7.91. The van der Waals surface area contributed by atoms with E-state index in [1.54, 1.807) is 12.1 Å². The Morgan fingerprint density at radius 1 is 1.34 bits per heavy atom. The van der Waals surface area contributed by atoms with E-state index in [0.717, 1.165) is 11.1 Å². The van der Waals surface area contributed by atoms with Crippen LogP contribution in [0.25, 0.3) is 21.3 Å². The Morgan fingerprint density at radius 2 is 2.09 bits per heavy atom. The van der Waals surface area contributed by atoms with Crippen LogP contribution in [-0.2, 0) is 21.2 Å². The summed E-state index contributed by atoms with van der Waals surface area (Å²) in [7, 11) is -3.05. The first kappa shape index (κ1) is 22.9. The van der Waals surface area contributed by atoms with Gasteiger partial charge in [-0.25, -0.2) is 13.4 Å². The third-order valence-electron chi connectivity index (χ3n) is 5.43. The molecule has 1 aliphatic rings. The quantitative estimate of drug-likeness (QED) is 0.521. The lowest BCUT2D eigenvalue weighted by molar-refractivity contribution is -0.122. The fourth-order valence-corrected chi connectivity index (χ4v) is 6.55. The second kappa shape index (κ2) is 9.30. The van der Waals surface area contributed by atoms with E-state index >= 15 is 0 Å². The second-order valence-electron chi connectivity index (χ2n) is 7.82. The van der Waals surface area contributed by atoms with Crippen LogP contribution in [0.2, 0.25) is 5.02 Å². The number of likely N-dealkylation sites (N-methyl/N-ethyl adjacent to an activating group) is 1. The molecule has 0 aliphatic carbocycles. The topological polar surface area (TPSA) is 112 Å². The molecule has 1 fully saturated rings. The number of benzene rings is 1. The molecule has 1 atom stereocenters. The maximum Gasteiger partial charge on any atom is 0.260 e. The van der Waals surface area contributed by atoms with Crippen LogP contribution < -0.4 is 10.9 Å². The summed E-state index contributed by atoms with van der Waals surface area (Å²) >= 11 is 7.36. The molecule has 32 heavy (non-hydrogen) atoms. The van der Waals surface area contributed by atoms with E-state index in [4.69, 9.17) is 11.6 Å². The molecule has 4 rings (SSSR count). The molecule has 1 amide bonds. The van der Waals surface area contributed by atoms with E-state index in [0.29, 0.717) is 40.6 Å². The number of carbonyl (C=O) groups is 1. The zero-order valence-corrected chi connectivity index (χ0v) is 19.8. The van der Waals surface area contributed by atoms with Gasteiger partial charge in [-0.1, -0.05) is 30.7 Å². The van der Waals surface area contributed by atoms with Crippen molar-refractivity contribution in [2.75, 3.05) is 24.6 Å². The normalized spacial score (nSPS) is 17.8. The van der Waals surface area contributed by atoms with Gasteiger partial charge >= 0.3 is 0 Å². The average Bonchev–Trinajstić information content (AvgIpc) is 3.31. The monoisotopic (exact) mass is 494 g/mol. The summed E-state index contributed by atoms with van der Waals surface area (Å²) in [5, 5.41) is 5.85. The van der Waals surface area contributed by atoms with Crippen LogP contribution in [0.5, 0.6) is 0 Å². The zero-order chi connectivity index (χ0) is 22.9. The van der Waals surface area contributed by atoms with Crippen LogP contribution in [-0.4, -0.2) is 59.8 Å². The van der Waals surface area contributed by atoms with Gasteiger partial charge < -0.3 is 10.3 Å². The summed E-state index contributed by atoms with van der Waals surface area (Å²) in [6, 6.07) is 6.95. The third-order valence-corrected chi connectivity index (χ3v) is 8.33. The molecule has 1 aromatic carbocycles. The van der Waals surface area contributed by atoms with Crippen LogP contribution >= 0.6 is 22.9 Å². The van der Waals surface area contributed by atoms with Crippen LogP contribution in [0.1, 0.15) is 19.2 Å². The minimum Gasteiger partial charge on any atom is -0.351 e. The van der Waals surface area contributed by atoms with Crippen molar-refractivity contribution in [1.82, 2.24) is 20.2 Å². The highest BCUT2D eigenvalue weighted by atomic mass is 35.5. The Kier molecular flexibility index (Phi) is 6.66. The van der Waals surface area contributed by atoms with Crippen LogP contribution in [0.15, 0.2) is 34.4 Å². The molecular weight excluding hydrogens is 472 g/mol. The smallest absolute Gasteiger partial charge is 0.260 e. The number of aromatic amines is 1. The van der Waals surface area contributed by atoms with Gasteiger partial charge in [-0.3, -0.25) is 14.5 Å². The van der Waals surface area contributed by atoms with Gasteiger partial charge in [-0.2, -0.15) is 0 Å². The van der Waals surface area contributed by atoms with Crippen molar-refractivity contribution in [2.45, 2.75) is 25.9 Å². The summed E-state index contributed by atoms with van der Waals surface area (Å²) in [6.07, 6.45) is 0.445. The van der Waals surface area contributed by atoms with Crippen LogP contribution in [0.4, 0.5) is 0 Å². The lowest BCUT2D eigenvalue weighted by Crippen LogP contribution is -2.42. The number of halogens is 1. The van der Waals surface area contributed by atoms with E-state index in [1.165, 1.54) is 11.3 Å². The molecule has 0 bridgehead atoms. The highest BCUT2D eigenvalue weighted by Gasteiger charge is 2.29. The summed E-state index contributed by atoms with van der Waals surface area (Å²) in [5.41, 5.74) is 1.47. The molecule has 8 nitrogen and oxygen atoms in total. The molecule has 2 N–H and O–H groups in total. The number of fused-ring (bicyclic) bond motifs is 1. The van der Waals surface area contributed by atoms with Crippen molar-refractivity contribution in [3.8, 4) is 11.1 Å². The molecule has 2 aromatic heterocycles. The number of H-pyrrole nitrogens is 1. The van der Waals surface area contributed by atoms with E-state index in [1.807, 2.05) is 29.3 Å². The Morgan fingerprint density at radius 3 is 2.75 bits per heavy atom. The summed E-state index contributed by atoms with van der Waals surface area (Å²) < 4.78 is 23.2. The molecule has 1 saturated heterocycles. The molecule has 0 spiro atoms. The van der Waals surface area contributed by atoms with Gasteiger partial charge in [0.2, 0.25) is 5.91 Å². The molecular formula is C21H23ClN4O4S2. The number of nitrogens with zero attached hydrogens (tertiary/aromatic N) is 2. The molecule has 170 valence electrons. The van der Waals surface area contributed by atoms with Gasteiger partial charge in [0.1, 0.15) is 10.7 Å². The van der Waals surface area contributed by atoms with Crippen molar-refractivity contribution < 1.29 is 13.2 Å². The fraction of sp³-hybridized carbons (Fsp3) is 0.381. The molecule has 0 saturated carbocycles. The van der Waals surface area contributed by atoms with Gasteiger partial charge in [-0.05, 0) is 30.7 Å². The van der Waals surface area contributed by atoms with Gasteiger partial charge in [0.15, 0.2) is 9.84 Å². The molecule has 3 aromatic rings. The minimum absolute atomic E-state index is 0.00919. The lowest BCUT2D eigenvalue weighted by Gasteiger charge is -2.20. The Labute approximate surface area is 194 Å². The Balaban J connectivity index is 1.47. The fourth-order valence-electron chi connectivity index (χ4n) is 3.79. The number of thiophene rings is 1. The number of rotatable bonds is 7. The molecule has 3 heterocycles. The van der Waals surface area contributed by atoms with E-state index < -0.39 is 9.84 Å². The highest BCUT2D eigenvalue weighted by Crippen LogP contribution is 2.31. The first-order valence-corrected chi connectivity index (χ1v) is 13.3. The number of amides is 1. The minimum atomic E-state index is -3.05. The average molecular weight is 495 g/mol. The SMILES string of the molecule is CCN(CC(=O)N[C@@H]1CCS(=O)(=O)C1)Cc1nc2scc(-c3ccc(Cl)cc3)c2c(=O)[nH]1. The van der Waals surface area contributed by atoms with Crippen molar-refractivity contribution in [2.24, 2.45) is 0 Å². The maximum atomic E-state index is 12.8. The van der Waals surface area contributed by atoms with Crippen LogP contribution in [0, 0.1) is 0 Å². The van der Waals surface area contributed by atoms with Gasteiger partial charge in [0, 0.05) is 22.0 Å². The zero-order valence-electron chi connectivity index (χ0n) is 17.4. The first-order valence-electron chi connectivity index (χ1n) is 10.2. The largest absolute Gasteiger partial charge is 0.351 e. The number of sulfone groups is 1. The Bertz CT molecular complexity index is 1300. The second-order valence-corrected chi connectivity index (χ2v) is 11.3. The van der Waals surface area contributed by atoms with Crippen molar-refractivity contribution in [1.29, 1.82) is 0 Å². The molecule has 11 heteroatoms. The predicted molar refractivity (Wildman–Crippen MR) is 127 cm³/mol. The number of carbonyl (C=O) groups excluding carboxylic acids is 1. The van der Waals surface area contributed by atoms with Gasteiger partial charge in [-0.15, -0.1) is 11.3 Å². The van der Waals surface area contributed by atoms with Gasteiger partial charge in [0.05, 0.1) is 30.0 Å². The van der Waals surface area contributed by atoms with Crippen LogP contribution in [0.3, 0.4) is 0 Å². The van der Waals surface area contributed by atoms with E-state index in [2.05, 4.69) is 15.3 Å². The first-order chi connectivity index (χ1) is 15.2. The number of hydrogen-bond donors (Lipinski definition) is 2. The maximum absolute atomic E-state index is 12.8. The number of aromatic nitrogens is 2. The summed E-state index contributed by atoms with van der Waals surface area (Å²) in [6.45, 7) is 2.87. The Hall–Kier alpha value is -2.27. The summed E-state index contributed by atoms with van der Waals surface area (Å²) in [4.78, 5) is 35.1. The predicted octanol–water partition coefficient (Wildman–Crippen LogP) is 2.43. The molecule has 1 aliphatic heterocycles. The van der Waals surface area contributed by atoms with Gasteiger partial charge in [0.25, 0.3) is 5.56 Å². The standard InChI is InChI=1S/C21H23ClN4O4S2/c1-2-26(10-18(27)23-15-7-8-32(29,30)12-15)9-17-24-20(28)19-16(11-31-21(19)25-17)13-3-5-14(22)6-4-13/h3-6,11,15H,2,7-10,12H2,1H3,(H,23,27)(H,24,25,28)/t15-/m1/s1. The number of hydrogen-bond acceptors (Lipinski definition) is 7.